The number of benzene rings is 1. The van der Waals surface area contributed by atoms with Crippen LogP contribution in [0, 0.1) is 0 Å². The normalized spacial score (nSPS) is 12.4. The fraction of sp³-hybridized carbons (Fsp3) is 0.571. The molecule has 1 unspecified atom stereocenters. The van der Waals surface area contributed by atoms with Crippen molar-refractivity contribution in [2.24, 2.45) is 5.73 Å². The molecule has 1 aromatic carbocycles. The van der Waals surface area contributed by atoms with E-state index in [-0.39, 0.29) is 35.6 Å². The first-order chi connectivity index (χ1) is 10.4. The highest BCUT2D eigenvalue weighted by Crippen LogP contribution is 2.35. The lowest BCUT2D eigenvalue weighted by molar-refractivity contribution is 0.389. The summed E-state index contributed by atoms with van der Waals surface area (Å²) in [6.45, 7) is 2.29. The second-order valence-corrected chi connectivity index (χ2v) is 7.37. The first kappa shape index (κ1) is 22.5. The Morgan fingerprint density at radius 1 is 1.26 bits per heavy atom. The zero-order valence-electron chi connectivity index (χ0n) is 13.5. The Hall–Kier alpha value is -0.540. The maximum absolute atomic E-state index is 12.6. The van der Waals surface area contributed by atoms with Gasteiger partial charge in [-0.25, -0.2) is 13.1 Å². The van der Waals surface area contributed by atoms with E-state index in [1.807, 2.05) is 6.92 Å². The first-order valence-corrected chi connectivity index (χ1v) is 9.31. The lowest BCUT2D eigenvalue weighted by Crippen LogP contribution is -2.40. The van der Waals surface area contributed by atoms with E-state index >= 15 is 0 Å². The van der Waals surface area contributed by atoms with E-state index in [1.165, 1.54) is 20.3 Å². The first-order valence-electron chi connectivity index (χ1n) is 7.03. The van der Waals surface area contributed by atoms with Crippen molar-refractivity contribution in [1.82, 2.24) is 4.72 Å². The molecular weight excluding hydrogens is 408 g/mol. The highest BCUT2D eigenvalue weighted by molar-refractivity contribution is 9.10. The quantitative estimate of drug-likeness (QED) is 0.627. The molecule has 0 aliphatic rings. The van der Waals surface area contributed by atoms with Crippen LogP contribution in [0.25, 0.3) is 0 Å². The minimum atomic E-state index is -3.75. The Bertz CT molecular complexity index is 599. The van der Waals surface area contributed by atoms with Gasteiger partial charge in [-0.1, -0.05) is 19.8 Å². The smallest absolute Gasteiger partial charge is 0.244 e. The number of halogens is 2. The average Bonchev–Trinajstić information content (AvgIpc) is 2.50. The van der Waals surface area contributed by atoms with E-state index in [0.717, 1.165) is 12.8 Å². The number of rotatable bonds is 9. The van der Waals surface area contributed by atoms with E-state index in [2.05, 4.69) is 20.7 Å². The molecule has 0 heterocycles. The molecule has 1 aromatic rings. The van der Waals surface area contributed by atoms with E-state index in [9.17, 15) is 8.42 Å². The zero-order valence-corrected chi connectivity index (χ0v) is 16.7. The Morgan fingerprint density at radius 2 is 1.87 bits per heavy atom. The molecule has 1 atom stereocenters. The monoisotopic (exact) mass is 430 g/mol. The van der Waals surface area contributed by atoms with E-state index in [4.69, 9.17) is 15.2 Å². The van der Waals surface area contributed by atoms with Crippen LogP contribution in [-0.2, 0) is 10.0 Å². The van der Waals surface area contributed by atoms with Crippen molar-refractivity contribution in [1.29, 1.82) is 0 Å². The molecule has 134 valence electrons. The maximum atomic E-state index is 12.6. The Labute approximate surface area is 152 Å². The minimum absolute atomic E-state index is 0. The third kappa shape index (κ3) is 6.11. The fourth-order valence-electron chi connectivity index (χ4n) is 2.00. The van der Waals surface area contributed by atoms with Gasteiger partial charge in [0, 0.05) is 18.7 Å². The highest BCUT2D eigenvalue weighted by atomic mass is 79.9. The van der Waals surface area contributed by atoms with Gasteiger partial charge in [-0.3, -0.25) is 0 Å². The molecule has 0 radical (unpaired) electrons. The maximum Gasteiger partial charge on any atom is 0.244 e. The van der Waals surface area contributed by atoms with Gasteiger partial charge in [0.25, 0.3) is 0 Å². The molecule has 0 fully saturated rings. The number of hydrogen-bond acceptors (Lipinski definition) is 5. The van der Waals surface area contributed by atoms with Crippen molar-refractivity contribution in [3.05, 3.63) is 16.6 Å². The van der Waals surface area contributed by atoms with Crippen molar-refractivity contribution in [2.45, 2.75) is 37.1 Å². The molecule has 0 bridgehead atoms. The molecule has 0 saturated carbocycles. The molecule has 0 saturated heterocycles. The van der Waals surface area contributed by atoms with E-state index < -0.39 is 10.0 Å². The van der Waals surface area contributed by atoms with Gasteiger partial charge < -0.3 is 15.2 Å². The van der Waals surface area contributed by atoms with Gasteiger partial charge >= 0.3 is 0 Å². The predicted molar refractivity (Wildman–Crippen MR) is 97.2 cm³/mol. The summed E-state index contributed by atoms with van der Waals surface area (Å²) < 4.78 is 38.8. The SMILES string of the molecule is CCCCC(CN)NS(=O)(=O)c1cc(OC)c(Br)cc1OC.Cl. The molecular formula is C14H24BrClN2O4S. The van der Waals surface area contributed by atoms with Crippen LogP contribution in [0.5, 0.6) is 11.5 Å². The number of sulfonamides is 1. The van der Waals surface area contributed by atoms with Crippen molar-refractivity contribution >= 4 is 38.4 Å². The summed E-state index contributed by atoms with van der Waals surface area (Å²) in [6.07, 6.45) is 2.58. The van der Waals surface area contributed by atoms with Crippen LogP contribution in [0.3, 0.4) is 0 Å². The summed E-state index contributed by atoms with van der Waals surface area (Å²) in [5, 5.41) is 0. The van der Waals surface area contributed by atoms with Crippen molar-refractivity contribution < 1.29 is 17.9 Å². The van der Waals surface area contributed by atoms with Gasteiger partial charge in [0.05, 0.1) is 18.7 Å². The average molecular weight is 432 g/mol. The third-order valence-electron chi connectivity index (χ3n) is 3.24. The second kappa shape index (κ2) is 10.4. The van der Waals surface area contributed by atoms with Crippen LogP contribution in [0.4, 0.5) is 0 Å². The molecule has 0 aromatic heterocycles. The van der Waals surface area contributed by atoms with E-state index in [1.54, 1.807) is 6.07 Å². The zero-order chi connectivity index (χ0) is 16.8. The standard InChI is InChI=1S/C14H23BrN2O4S.ClH/c1-4-5-6-10(9-16)17-22(18,19)14-8-12(20-2)11(15)7-13(14)21-3;/h7-8,10,17H,4-6,9,16H2,1-3H3;1H. The van der Waals surface area contributed by atoms with Gasteiger partial charge in [0.2, 0.25) is 10.0 Å². The van der Waals surface area contributed by atoms with Crippen LogP contribution in [0.1, 0.15) is 26.2 Å². The van der Waals surface area contributed by atoms with Crippen LogP contribution >= 0.6 is 28.3 Å². The summed E-state index contributed by atoms with van der Waals surface area (Å²) in [6, 6.07) is 2.69. The molecule has 6 nitrogen and oxygen atoms in total. The Kier molecular flexibility index (Phi) is 10.1. The summed E-state index contributed by atoms with van der Waals surface area (Å²) in [5.41, 5.74) is 5.66. The third-order valence-corrected chi connectivity index (χ3v) is 5.40. The number of unbranched alkanes of at least 4 members (excludes halogenated alkanes) is 1. The number of nitrogens with one attached hydrogen (secondary N) is 1. The summed E-state index contributed by atoms with van der Waals surface area (Å²) in [7, 11) is -0.856. The lowest BCUT2D eigenvalue weighted by atomic mass is 10.1. The number of nitrogens with two attached hydrogens (primary N) is 1. The number of ether oxygens (including phenoxy) is 2. The molecule has 1 rings (SSSR count). The molecule has 3 N–H and O–H groups in total. The summed E-state index contributed by atoms with van der Waals surface area (Å²) in [5.74, 6) is 0.658. The summed E-state index contributed by atoms with van der Waals surface area (Å²) >= 11 is 3.31. The van der Waals surface area contributed by atoms with Crippen molar-refractivity contribution in [2.75, 3.05) is 20.8 Å². The molecule has 0 aliphatic heterocycles. The predicted octanol–water partition coefficient (Wildman–Crippen LogP) is 2.68. The lowest BCUT2D eigenvalue weighted by Gasteiger charge is -2.18. The van der Waals surface area contributed by atoms with E-state index in [0.29, 0.717) is 16.6 Å². The largest absolute Gasteiger partial charge is 0.496 e. The van der Waals surface area contributed by atoms with Gasteiger partial charge in [-0.05, 0) is 28.4 Å². The molecule has 0 aliphatic carbocycles. The van der Waals surface area contributed by atoms with Crippen LogP contribution in [0.15, 0.2) is 21.5 Å². The minimum Gasteiger partial charge on any atom is -0.496 e. The second-order valence-electron chi connectivity index (χ2n) is 4.83. The molecule has 9 heteroatoms. The molecule has 23 heavy (non-hydrogen) atoms. The highest BCUT2D eigenvalue weighted by Gasteiger charge is 2.24. The van der Waals surface area contributed by atoms with Crippen molar-refractivity contribution in [3.63, 3.8) is 0 Å². The molecule has 0 spiro atoms. The van der Waals surface area contributed by atoms with Crippen LogP contribution < -0.4 is 19.9 Å². The number of methoxy groups -OCH3 is 2. The van der Waals surface area contributed by atoms with Gasteiger partial charge in [-0.15, -0.1) is 12.4 Å². The van der Waals surface area contributed by atoms with Crippen LogP contribution in [-0.4, -0.2) is 35.2 Å². The Balaban J connectivity index is 0.00000484. The molecule has 0 amide bonds. The van der Waals surface area contributed by atoms with Gasteiger partial charge in [0.15, 0.2) is 0 Å². The van der Waals surface area contributed by atoms with Gasteiger partial charge in [0.1, 0.15) is 16.4 Å². The fourth-order valence-corrected chi connectivity index (χ4v) is 3.93. The van der Waals surface area contributed by atoms with Crippen molar-refractivity contribution in [3.8, 4) is 11.5 Å². The number of hydrogen-bond donors (Lipinski definition) is 2. The topological polar surface area (TPSA) is 90.7 Å². The summed E-state index contributed by atoms with van der Waals surface area (Å²) in [4.78, 5) is 0.0324. The Morgan fingerprint density at radius 3 is 2.35 bits per heavy atom. The van der Waals surface area contributed by atoms with Gasteiger partial charge in [-0.2, -0.15) is 0 Å². The van der Waals surface area contributed by atoms with Crippen LogP contribution in [0.2, 0.25) is 0 Å².